The van der Waals surface area contributed by atoms with Crippen LogP contribution in [0.25, 0.3) is 0 Å². The second kappa shape index (κ2) is 4.15. The topological polar surface area (TPSA) is 41.1 Å². The van der Waals surface area contributed by atoms with Crippen LogP contribution in [0, 0.1) is 0 Å². The zero-order valence-electron chi connectivity index (χ0n) is 9.96. The predicted molar refractivity (Wildman–Crippen MR) is 68.5 cm³/mol. The molecular formula is C14H18N2O. The quantitative estimate of drug-likeness (QED) is 0.718. The second-order valence-corrected chi connectivity index (χ2v) is 5.12. The van der Waals surface area contributed by atoms with Crippen LogP contribution in [0.15, 0.2) is 24.3 Å². The van der Waals surface area contributed by atoms with E-state index in [0.717, 1.165) is 43.6 Å². The van der Waals surface area contributed by atoms with Crippen LogP contribution < -0.4 is 10.6 Å². The maximum atomic E-state index is 12.1. The summed E-state index contributed by atoms with van der Waals surface area (Å²) < 4.78 is 0. The largest absolute Gasteiger partial charge is 0.379 e. The number of hydrogen-bond acceptors (Lipinski definition) is 3. The number of carbonyl (C=O) groups excluding carboxylic acids is 1. The molecule has 0 bridgehead atoms. The smallest absolute Gasteiger partial charge is 0.165 e. The highest BCUT2D eigenvalue weighted by atomic mass is 16.1. The van der Waals surface area contributed by atoms with Gasteiger partial charge >= 0.3 is 0 Å². The number of para-hydroxylation sites is 1. The number of rotatable bonds is 0. The van der Waals surface area contributed by atoms with Crippen molar-refractivity contribution >= 4 is 11.5 Å². The third-order valence-electron chi connectivity index (χ3n) is 4.02. The molecule has 1 saturated heterocycles. The van der Waals surface area contributed by atoms with Crippen molar-refractivity contribution in [2.75, 3.05) is 18.4 Å². The van der Waals surface area contributed by atoms with Gasteiger partial charge in [-0.1, -0.05) is 12.1 Å². The molecule has 2 aliphatic rings. The van der Waals surface area contributed by atoms with E-state index in [-0.39, 0.29) is 11.3 Å². The summed E-state index contributed by atoms with van der Waals surface area (Å²) in [7, 11) is 0. The van der Waals surface area contributed by atoms with Gasteiger partial charge in [-0.25, -0.2) is 0 Å². The number of fused-ring (bicyclic) bond motifs is 1. The average Bonchev–Trinajstić information content (AvgIpc) is 2.50. The molecule has 0 radical (unpaired) electrons. The lowest BCUT2D eigenvalue weighted by molar-refractivity contribution is 0.0974. The molecule has 2 N–H and O–H groups in total. The van der Waals surface area contributed by atoms with E-state index < -0.39 is 0 Å². The highest BCUT2D eigenvalue weighted by molar-refractivity contribution is 6.02. The molecular weight excluding hydrogens is 212 g/mol. The van der Waals surface area contributed by atoms with Gasteiger partial charge in [-0.2, -0.15) is 0 Å². The van der Waals surface area contributed by atoms with Crippen LogP contribution in [0.2, 0.25) is 0 Å². The Bertz CT molecular complexity index is 436. The Labute approximate surface area is 102 Å². The second-order valence-electron chi connectivity index (χ2n) is 5.12. The highest BCUT2D eigenvalue weighted by Gasteiger charge is 2.35. The van der Waals surface area contributed by atoms with Gasteiger partial charge in [0.1, 0.15) is 0 Å². The molecule has 90 valence electrons. The van der Waals surface area contributed by atoms with Gasteiger partial charge in [0.15, 0.2) is 5.78 Å². The molecule has 0 aromatic heterocycles. The number of nitrogens with one attached hydrogen (secondary N) is 2. The Hall–Kier alpha value is -1.35. The van der Waals surface area contributed by atoms with Crippen molar-refractivity contribution in [2.24, 2.45) is 0 Å². The molecule has 0 atom stereocenters. The van der Waals surface area contributed by atoms with Crippen molar-refractivity contribution in [1.29, 1.82) is 0 Å². The predicted octanol–water partition coefficient (Wildman–Crippen LogP) is 2.20. The zero-order chi connectivity index (χ0) is 11.7. The third-order valence-corrected chi connectivity index (χ3v) is 4.02. The third kappa shape index (κ3) is 1.95. The molecule has 0 aliphatic carbocycles. The molecule has 0 unspecified atom stereocenters. The molecule has 0 saturated carbocycles. The van der Waals surface area contributed by atoms with Gasteiger partial charge in [0.05, 0.1) is 0 Å². The number of anilines is 1. The van der Waals surface area contributed by atoms with E-state index in [0.29, 0.717) is 6.42 Å². The minimum atomic E-state index is 0.132. The zero-order valence-corrected chi connectivity index (χ0v) is 9.96. The van der Waals surface area contributed by atoms with Crippen LogP contribution in [-0.4, -0.2) is 24.4 Å². The van der Waals surface area contributed by atoms with Crippen molar-refractivity contribution in [1.82, 2.24) is 5.32 Å². The van der Waals surface area contributed by atoms with Crippen molar-refractivity contribution in [3.63, 3.8) is 0 Å². The monoisotopic (exact) mass is 230 g/mol. The summed E-state index contributed by atoms with van der Waals surface area (Å²) in [5, 5.41) is 7.03. The van der Waals surface area contributed by atoms with Gasteiger partial charge in [0.25, 0.3) is 0 Å². The van der Waals surface area contributed by atoms with Gasteiger partial charge in [0.2, 0.25) is 0 Å². The molecule has 1 aromatic carbocycles. The molecule has 1 aromatic rings. The summed E-state index contributed by atoms with van der Waals surface area (Å²) in [5.74, 6) is 0.281. The number of carbonyl (C=O) groups is 1. The van der Waals surface area contributed by atoms with E-state index in [4.69, 9.17) is 0 Å². The van der Waals surface area contributed by atoms with Crippen molar-refractivity contribution < 1.29 is 4.79 Å². The first-order valence-electron chi connectivity index (χ1n) is 6.40. The Morgan fingerprint density at radius 2 is 1.82 bits per heavy atom. The van der Waals surface area contributed by atoms with Crippen LogP contribution >= 0.6 is 0 Å². The van der Waals surface area contributed by atoms with Gasteiger partial charge < -0.3 is 10.6 Å². The standard InChI is InChI=1S/C14H18N2O/c17-13-5-6-14(7-9-15-10-8-14)16-12-4-2-1-3-11(12)13/h1-4,15-16H,5-10H2. The van der Waals surface area contributed by atoms with Crippen molar-refractivity contribution in [2.45, 2.75) is 31.2 Å². The number of benzene rings is 1. The molecule has 1 spiro atoms. The fourth-order valence-electron chi connectivity index (χ4n) is 2.95. The van der Waals surface area contributed by atoms with Gasteiger partial charge in [-0.15, -0.1) is 0 Å². The lowest BCUT2D eigenvalue weighted by atomic mass is 9.84. The van der Waals surface area contributed by atoms with Crippen molar-refractivity contribution in [3.8, 4) is 0 Å². The summed E-state index contributed by atoms with van der Waals surface area (Å²) in [5.41, 5.74) is 2.02. The SMILES string of the molecule is O=C1CCC2(CCNCC2)Nc2ccccc21. The van der Waals surface area contributed by atoms with Crippen LogP contribution in [0.5, 0.6) is 0 Å². The Balaban J connectivity index is 1.96. The number of hydrogen-bond donors (Lipinski definition) is 2. The number of piperidine rings is 1. The average molecular weight is 230 g/mol. The van der Waals surface area contributed by atoms with E-state index in [1.807, 2.05) is 24.3 Å². The first-order valence-corrected chi connectivity index (χ1v) is 6.40. The molecule has 3 nitrogen and oxygen atoms in total. The van der Waals surface area contributed by atoms with Gasteiger partial charge in [-0.05, 0) is 44.5 Å². The number of ketones is 1. The summed E-state index contributed by atoms with van der Waals surface area (Å²) in [4.78, 5) is 12.1. The van der Waals surface area contributed by atoms with E-state index in [2.05, 4.69) is 10.6 Å². The molecule has 17 heavy (non-hydrogen) atoms. The van der Waals surface area contributed by atoms with Crippen molar-refractivity contribution in [3.05, 3.63) is 29.8 Å². The van der Waals surface area contributed by atoms with E-state index >= 15 is 0 Å². The summed E-state index contributed by atoms with van der Waals surface area (Å²) in [6, 6.07) is 7.91. The highest BCUT2D eigenvalue weighted by Crippen LogP contribution is 2.34. The molecule has 2 aliphatic heterocycles. The molecule has 3 heteroatoms. The fourth-order valence-corrected chi connectivity index (χ4v) is 2.95. The minimum Gasteiger partial charge on any atom is -0.379 e. The van der Waals surface area contributed by atoms with Gasteiger partial charge in [-0.3, -0.25) is 4.79 Å². The maximum Gasteiger partial charge on any atom is 0.165 e. The molecule has 0 amide bonds. The summed E-state index contributed by atoms with van der Waals surface area (Å²) in [6.07, 6.45) is 3.84. The first kappa shape index (κ1) is 10.8. The summed E-state index contributed by atoms with van der Waals surface area (Å²) in [6.45, 7) is 2.09. The van der Waals surface area contributed by atoms with Gasteiger partial charge in [0, 0.05) is 23.2 Å². The normalized spacial score (nSPS) is 22.7. The van der Waals surface area contributed by atoms with E-state index in [9.17, 15) is 4.79 Å². The van der Waals surface area contributed by atoms with E-state index in [1.54, 1.807) is 0 Å². The summed E-state index contributed by atoms with van der Waals surface area (Å²) >= 11 is 0. The Morgan fingerprint density at radius 3 is 2.65 bits per heavy atom. The fraction of sp³-hybridized carbons (Fsp3) is 0.500. The minimum absolute atomic E-state index is 0.132. The van der Waals surface area contributed by atoms with Crippen LogP contribution in [0.3, 0.4) is 0 Å². The lowest BCUT2D eigenvalue weighted by Gasteiger charge is -2.38. The van der Waals surface area contributed by atoms with Crippen LogP contribution in [0.1, 0.15) is 36.0 Å². The Kier molecular flexibility index (Phi) is 2.63. The molecule has 2 heterocycles. The van der Waals surface area contributed by atoms with E-state index in [1.165, 1.54) is 0 Å². The Morgan fingerprint density at radius 1 is 1.06 bits per heavy atom. The molecule has 3 rings (SSSR count). The molecule has 1 fully saturated rings. The van der Waals surface area contributed by atoms with Crippen LogP contribution in [-0.2, 0) is 0 Å². The first-order chi connectivity index (χ1) is 8.29. The number of Topliss-reactive ketones (excluding diaryl/α,β-unsaturated/α-hetero) is 1. The van der Waals surface area contributed by atoms with Crippen LogP contribution in [0.4, 0.5) is 5.69 Å². The lowest BCUT2D eigenvalue weighted by Crippen LogP contribution is -2.47. The maximum absolute atomic E-state index is 12.1.